The van der Waals surface area contributed by atoms with Gasteiger partial charge < -0.3 is 21.8 Å². The second kappa shape index (κ2) is 11.4. The van der Waals surface area contributed by atoms with E-state index in [1.165, 1.54) is 44.2 Å². The summed E-state index contributed by atoms with van der Waals surface area (Å²) >= 11 is 0. The summed E-state index contributed by atoms with van der Waals surface area (Å²) in [5.41, 5.74) is 0.882. The van der Waals surface area contributed by atoms with Crippen LogP contribution in [0.25, 0.3) is 0 Å². The topological polar surface area (TPSA) is 46.2 Å². The Kier molecular flexibility index (Phi) is 8.87. The average molecular weight is 582 g/mol. The monoisotopic (exact) mass is 581 g/mol. The highest BCUT2D eigenvalue weighted by molar-refractivity contribution is 6.89. The number of allylic oxidation sites excluding steroid dienone is 2. The number of fused-ring (bicyclic) bond motifs is 5. The fourth-order valence-electron chi connectivity index (χ4n) is 8.39. The van der Waals surface area contributed by atoms with Crippen molar-refractivity contribution in [2.75, 3.05) is 26.4 Å². The van der Waals surface area contributed by atoms with E-state index < -0.39 is 34.5 Å². The van der Waals surface area contributed by atoms with E-state index in [2.05, 4.69) is 51.8 Å². The van der Waals surface area contributed by atoms with Crippen LogP contribution in [0.4, 0.5) is 0 Å². The molecule has 7 unspecified atom stereocenters. The summed E-state index contributed by atoms with van der Waals surface area (Å²) in [5.74, 6) is 3.34. The molecule has 2 bridgehead atoms. The van der Waals surface area contributed by atoms with E-state index in [9.17, 15) is 0 Å². The first-order valence-electron chi connectivity index (χ1n) is 15.3. The third-order valence-electron chi connectivity index (χ3n) is 10.4. The Balaban J connectivity index is 1.31. The average Bonchev–Trinajstić information content (AvgIpc) is 3.51. The van der Waals surface area contributed by atoms with Gasteiger partial charge in [0.2, 0.25) is 0 Å². The number of hydrogen-bond donors (Lipinski definition) is 0. The summed E-state index contributed by atoms with van der Waals surface area (Å²) in [7, 11) is -7.51. The first-order valence-corrected chi connectivity index (χ1v) is 25.4. The van der Waals surface area contributed by atoms with Crippen LogP contribution in [0.15, 0.2) is 12.2 Å². The molecular weight excluding hydrogens is 529 g/mol. The van der Waals surface area contributed by atoms with Gasteiger partial charge in [-0.2, -0.15) is 0 Å². The molecule has 9 heteroatoms. The first-order chi connectivity index (χ1) is 17.6. The Morgan fingerprint density at radius 3 is 2.59 bits per heavy atom. The molecular formula is C28H53O5Si4. The Bertz CT molecular complexity index is 817. The molecule has 0 aromatic rings. The van der Waals surface area contributed by atoms with Crippen molar-refractivity contribution in [1.29, 1.82) is 0 Å². The van der Waals surface area contributed by atoms with Crippen molar-refractivity contribution in [3.8, 4) is 0 Å². The van der Waals surface area contributed by atoms with Crippen molar-refractivity contribution in [1.82, 2.24) is 0 Å². The van der Waals surface area contributed by atoms with E-state index in [0.717, 1.165) is 69.0 Å². The molecule has 5 nitrogen and oxygen atoms in total. The molecule has 5 aliphatic rings. The van der Waals surface area contributed by atoms with Crippen molar-refractivity contribution >= 4 is 34.5 Å². The standard InChI is InChI=1S/C28H53O5Si4/c1-7-28(21-30-22-28)20-29-14-11-17-36(5)32-35(3,4)16-9-8-15-34(2)31-37(6,33-36)27-19-23-18-26(27)25-13-10-12-24(23)25/h10,13,23-27H,7-9,11-12,14-22H2,1-6H3. The van der Waals surface area contributed by atoms with Gasteiger partial charge in [0, 0.05) is 17.6 Å². The summed E-state index contributed by atoms with van der Waals surface area (Å²) < 4.78 is 33.7. The Morgan fingerprint density at radius 1 is 1.05 bits per heavy atom. The lowest BCUT2D eigenvalue weighted by atomic mass is 9.81. The van der Waals surface area contributed by atoms with Crippen molar-refractivity contribution < 1.29 is 21.8 Å². The molecule has 0 spiro atoms. The van der Waals surface area contributed by atoms with Gasteiger partial charge in [-0.05, 0) is 107 Å². The summed E-state index contributed by atoms with van der Waals surface area (Å²) in [5, 5.41) is 0. The number of hydrogen-bond acceptors (Lipinski definition) is 5. The highest BCUT2D eigenvalue weighted by atomic mass is 28.5. The van der Waals surface area contributed by atoms with Crippen LogP contribution in [0.2, 0.25) is 56.4 Å². The van der Waals surface area contributed by atoms with Crippen LogP contribution < -0.4 is 0 Å². The second-order valence-corrected chi connectivity index (χ2v) is 27.9. The van der Waals surface area contributed by atoms with Gasteiger partial charge in [0.15, 0.2) is 17.4 Å². The van der Waals surface area contributed by atoms with E-state index >= 15 is 0 Å². The molecule has 1 radical (unpaired) electrons. The van der Waals surface area contributed by atoms with Crippen molar-refractivity contribution in [3.05, 3.63) is 12.2 Å². The molecule has 2 aliphatic heterocycles. The molecule has 3 aliphatic carbocycles. The van der Waals surface area contributed by atoms with Crippen LogP contribution >= 0.6 is 0 Å². The third kappa shape index (κ3) is 6.35. The summed E-state index contributed by atoms with van der Waals surface area (Å²) in [6, 6.07) is 3.51. The fourth-order valence-corrected chi connectivity index (χ4v) is 27.7. The maximum Gasteiger partial charge on any atom is 0.319 e. The predicted molar refractivity (Wildman–Crippen MR) is 159 cm³/mol. The summed E-state index contributed by atoms with van der Waals surface area (Å²) in [6.45, 7) is 17.7. The zero-order valence-corrected chi connectivity index (χ0v) is 28.5. The summed E-state index contributed by atoms with van der Waals surface area (Å²) in [4.78, 5) is 0. The van der Waals surface area contributed by atoms with Gasteiger partial charge in [0.1, 0.15) is 0 Å². The minimum Gasteiger partial charge on any atom is -0.436 e. The van der Waals surface area contributed by atoms with Gasteiger partial charge in [-0.3, -0.25) is 0 Å². The lowest BCUT2D eigenvalue weighted by Gasteiger charge is -2.47. The van der Waals surface area contributed by atoms with Crippen LogP contribution in [0.1, 0.15) is 51.9 Å². The Labute approximate surface area is 231 Å². The molecule has 0 aromatic heterocycles. The van der Waals surface area contributed by atoms with Crippen LogP contribution in [0.3, 0.4) is 0 Å². The minimum absolute atomic E-state index is 0.255. The maximum atomic E-state index is 7.54. The second-order valence-electron chi connectivity index (χ2n) is 14.0. The Hall–Kier alpha value is 0.408. The molecule has 0 amide bonds. The molecule has 0 N–H and O–H groups in total. The van der Waals surface area contributed by atoms with Crippen LogP contribution in [0, 0.1) is 29.1 Å². The zero-order valence-electron chi connectivity index (χ0n) is 24.5. The third-order valence-corrected chi connectivity index (χ3v) is 26.6. The Morgan fingerprint density at radius 2 is 1.86 bits per heavy atom. The predicted octanol–water partition coefficient (Wildman–Crippen LogP) is 7.24. The van der Waals surface area contributed by atoms with Gasteiger partial charge in [-0.25, -0.2) is 0 Å². The molecule has 5 rings (SSSR count). The van der Waals surface area contributed by atoms with Crippen LogP contribution in [-0.2, 0) is 21.8 Å². The van der Waals surface area contributed by atoms with E-state index in [1.807, 2.05) is 0 Å². The lowest BCUT2D eigenvalue weighted by Crippen LogP contribution is -2.60. The molecule has 37 heavy (non-hydrogen) atoms. The number of rotatable bonds is 8. The van der Waals surface area contributed by atoms with Gasteiger partial charge in [-0.15, -0.1) is 0 Å². The highest BCUT2D eigenvalue weighted by Gasteiger charge is 2.61. The van der Waals surface area contributed by atoms with E-state index in [1.54, 1.807) is 0 Å². The lowest BCUT2D eigenvalue weighted by molar-refractivity contribution is -0.150. The zero-order chi connectivity index (χ0) is 26.3. The van der Waals surface area contributed by atoms with Crippen molar-refractivity contribution in [2.24, 2.45) is 29.1 Å². The fraction of sp³-hybridized carbons (Fsp3) is 0.929. The molecule has 7 atom stereocenters. The van der Waals surface area contributed by atoms with Gasteiger partial charge in [0.05, 0.1) is 19.8 Å². The maximum absolute atomic E-state index is 7.54. The van der Waals surface area contributed by atoms with Crippen LogP contribution in [0.5, 0.6) is 0 Å². The molecule has 4 fully saturated rings. The molecule has 2 heterocycles. The van der Waals surface area contributed by atoms with Crippen molar-refractivity contribution in [2.45, 2.75) is 108 Å². The van der Waals surface area contributed by atoms with Crippen molar-refractivity contribution in [3.63, 3.8) is 0 Å². The highest BCUT2D eigenvalue weighted by Crippen LogP contribution is 2.64. The van der Waals surface area contributed by atoms with Gasteiger partial charge in [0.25, 0.3) is 0 Å². The minimum atomic E-state index is -2.43. The largest absolute Gasteiger partial charge is 0.436 e. The molecule has 0 aromatic carbocycles. The van der Waals surface area contributed by atoms with Gasteiger partial charge in [-0.1, -0.05) is 31.9 Å². The number of ether oxygens (including phenoxy) is 2. The summed E-state index contributed by atoms with van der Waals surface area (Å²) in [6.07, 6.45) is 13.8. The van der Waals surface area contributed by atoms with E-state index in [-0.39, 0.29) is 5.41 Å². The first kappa shape index (κ1) is 28.9. The van der Waals surface area contributed by atoms with Crippen LogP contribution in [-0.4, -0.2) is 60.9 Å². The molecule has 2 saturated carbocycles. The normalized spacial score (nSPS) is 43.4. The molecule has 211 valence electrons. The van der Waals surface area contributed by atoms with Gasteiger partial charge >= 0.3 is 17.1 Å². The quantitative estimate of drug-likeness (QED) is 0.172. The SMILES string of the molecule is CCC1(COCCC[Si]2(C)O[Si](C)(C)CCCC[Si](C)O[Si](C)(C3CC4CC3C3C=CCC43)O2)COC1. The van der Waals surface area contributed by atoms with E-state index in [0.29, 0.717) is 5.54 Å². The van der Waals surface area contributed by atoms with E-state index in [4.69, 9.17) is 21.8 Å². The molecule has 2 saturated heterocycles. The smallest absolute Gasteiger partial charge is 0.319 e.